The van der Waals surface area contributed by atoms with Crippen molar-refractivity contribution in [2.75, 3.05) is 29.0 Å². The van der Waals surface area contributed by atoms with Crippen molar-refractivity contribution in [3.05, 3.63) is 78.0 Å². The van der Waals surface area contributed by atoms with E-state index in [0.29, 0.717) is 16.8 Å². The van der Waals surface area contributed by atoms with Crippen LogP contribution in [0.5, 0.6) is 0 Å². The number of rotatable bonds is 4. The van der Waals surface area contributed by atoms with Gasteiger partial charge in [0.2, 0.25) is 5.95 Å². The zero-order valence-electron chi connectivity index (χ0n) is 19.3. The van der Waals surface area contributed by atoms with Crippen molar-refractivity contribution in [1.82, 2.24) is 9.97 Å². The Kier molecular flexibility index (Phi) is 6.22. The normalized spacial score (nSPS) is 14.1. The molecule has 4 aromatic rings. The van der Waals surface area contributed by atoms with Crippen LogP contribution in [-0.2, 0) is 6.18 Å². The second-order valence-electron chi connectivity index (χ2n) is 8.81. The predicted molar refractivity (Wildman–Crippen MR) is 135 cm³/mol. The van der Waals surface area contributed by atoms with Crippen molar-refractivity contribution < 1.29 is 18.0 Å². The van der Waals surface area contributed by atoms with Gasteiger partial charge in [0.25, 0.3) is 5.91 Å². The van der Waals surface area contributed by atoms with E-state index in [-0.39, 0.29) is 11.6 Å². The van der Waals surface area contributed by atoms with Crippen LogP contribution < -0.4 is 16.0 Å². The number of fused-ring (bicyclic) bond motifs is 1. The second kappa shape index (κ2) is 9.49. The fourth-order valence-corrected chi connectivity index (χ4v) is 4.48. The highest BCUT2D eigenvalue weighted by Gasteiger charge is 2.32. The molecule has 1 aliphatic rings. The van der Waals surface area contributed by atoms with E-state index in [2.05, 4.69) is 15.3 Å². The minimum atomic E-state index is -4.51. The van der Waals surface area contributed by atoms with E-state index in [0.717, 1.165) is 61.0 Å². The van der Waals surface area contributed by atoms with Gasteiger partial charge < -0.3 is 16.0 Å². The number of hydrogen-bond acceptors (Lipinski definition) is 5. The fourth-order valence-electron chi connectivity index (χ4n) is 4.48. The van der Waals surface area contributed by atoms with Gasteiger partial charge in [-0.05, 0) is 72.9 Å². The lowest BCUT2D eigenvalue weighted by atomic mass is 10.0. The van der Waals surface area contributed by atoms with Gasteiger partial charge in [0.05, 0.1) is 22.5 Å². The molecule has 1 aromatic heterocycles. The van der Waals surface area contributed by atoms with Crippen LogP contribution >= 0.6 is 0 Å². The van der Waals surface area contributed by atoms with Crippen LogP contribution in [0, 0.1) is 0 Å². The van der Waals surface area contributed by atoms with Gasteiger partial charge >= 0.3 is 6.18 Å². The van der Waals surface area contributed by atoms with Crippen molar-refractivity contribution >= 4 is 34.1 Å². The van der Waals surface area contributed by atoms with Crippen LogP contribution in [0.2, 0.25) is 0 Å². The molecule has 36 heavy (non-hydrogen) atoms. The van der Waals surface area contributed by atoms with Crippen LogP contribution in [-0.4, -0.2) is 29.0 Å². The number of amides is 1. The minimum absolute atomic E-state index is 0.155. The highest BCUT2D eigenvalue weighted by molar-refractivity contribution is 6.06. The Bertz CT molecular complexity index is 1430. The summed E-state index contributed by atoms with van der Waals surface area (Å²) in [4.78, 5) is 23.4. The number of benzene rings is 3. The summed E-state index contributed by atoms with van der Waals surface area (Å²) in [6, 6.07) is 16.1. The average molecular weight is 492 g/mol. The number of carbonyl (C=O) groups is 1. The number of carbonyl (C=O) groups excluding carboxylic acids is 1. The first-order valence-electron chi connectivity index (χ1n) is 11.7. The number of anilines is 3. The van der Waals surface area contributed by atoms with Crippen LogP contribution in [0.4, 0.5) is 30.5 Å². The molecule has 3 aromatic carbocycles. The minimum Gasteiger partial charge on any atom is -0.370 e. The number of nitrogens with zero attached hydrogens (tertiary/aromatic N) is 3. The first kappa shape index (κ1) is 23.6. The number of nitrogens with one attached hydrogen (secondary N) is 1. The molecule has 6 nitrogen and oxygen atoms in total. The molecule has 1 amide bonds. The maximum Gasteiger partial charge on any atom is 0.416 e. The summed E-state index contributed by atoms with van der Waals surface area (Å²) in [6.07, 6.45) is 0.122. The van der Waals surface area contributed by atoms with E-state index in [9.17, 15) is 18.0 Å². The van der Waals surface area contributed by atoms with E-state index < -0.39 is 17.6 Å². The van der Waals surface area contributed by atoms with E-state index in [4.69, 9.17) is 5.73 Å². The monoisotopic (exact) mass is 491 g/mol. The predicted octanol–water partition coefficient (Wildman–Crippen LogP) is 6.14. The molecule has 0 unspecified atom stereocenters. The van der Waals surface area contributed by atoms with Crippen LogP contribution in [0.15, 0.2) is 66.9 Å². The molecule has 0 atom stereocenters. The van der Waals surface area contributed by atoms with Gasteiger partial charge in [-0.25, -0.2) is 9.97 Å². The van der Waals surface area contributed by atoms with Crippen LogP contribution in [0.1, 0.15) is 35.2 Å². The number of aromatic nitrogens is 2. The Labute approximate surface area is 206 Å². The summed E-state index contributed by atoms with van der Waals surface area (Å²) in [5.74, 6) is -0.293. The first-order chi connectivity index (χ1) is 17.3. The Morgan fingerprint density at radius 3 is 2.50 bits per heavy atom. The molecule has 0 spiro atoms. The van der Waals surface area contributed by atoms with E-state index >= 15 is 0 Å². The van der Waals surface area contributed by atoms with Crippen molar-refractivity contribution in [2.45, 2.75) is 25.4 Å². The average Bonchev–Trinajstić information content (AvgIpc) is 2.88. The van der Waals surface area contributed by atoms with Gasteiger partial charge in [0, 0.05) is 30.2 Å². The molecular formula is C27H24F3N5O. The third kappa shape index (κ3) is 4.95. The Balaban J connectivity index is 1.45. The Morgan fingerprint density at radius 2 is 1.72 bits per heavy atom. The summed E-state index contributed by atoms with van der Waals surface area (Å²) < 4.78 is 40.3. The number of halogens is 3. The summed E-state index contributed by atoms with van der Waals surface area (Å²) >= 11 is 0. The second-order valence-corrected chi connectivity index (χ2v) is 8.81. The molecule has 0 bridgehead atoms. The zero-order valence-corrected chi connectivity index (χ0v) is 19.3. The highest BCUT2D eigenvalue weighted by atomic mass is 19.4. The van der Waals surface area contributed by atoms with Gasteiger partial charge in [0.15, 0.2) is 0 Å². The number of nitrogens with two attached hydrogens (primary N) is 1. The number of piperidine rings is 1. The van der Waals surface area contributed by atoms with Crippen molar-refractivity contribution in [3.8, 4) is 11.1 Å². The molecule has 5 rings (SSSR count). The lowest BCUT2D eigenvalue weighted by molar-refractivity contribution is -0.137. The molecule has 184 valence electrons. The third-order valence-corrected chi connectivity index (χ3v) is 6.33. The quantitative estimate of drug-likeness (QED) is 0.358. The first-order valence-corrected chi connectivity index (χ1v) is 11.7. The van der Waals surface area contributed by atoms with Gasteiger partial charge in [0.1, 0.15) is 0 Å². The van der Waals surface area contributed by atoms with Crippen molar-refractivity contribution in [2.24, 2.45) is 0 Å². The van der Waals surface area contributed by atoms with E-state index in [1.54, 1.807) is 24.4 Å². The molecule has 0 radical (unpaired) electrons. The summed E-state index contributed by atoms with van der Waals surface area (Å²) in [5.41, 5.74) is 8.27. The van der Waals surface area contributed by atoms with Crippen LogP contribution in [0.25, 0.3) is 22.0 Å². The summed E-state index contributed by atoms with van der Waals surface area (Å²) in [5, 5.41) is 3.53. The maximum atomic E-state index is 13.4. The topological polar surface area (TPSA) is 84.1 Å². The molecule has 0 aliphatic carbocycles. The van der Waals surface area contributed by atoms with E-state index in [1.807, 2.05) is 29.2 Å². The molecule has 9 heteroatoms. The number of alkyl halides is 3. The van der Waals surface area contributed by atoms with Crippen LogP contribution in [0.3, 0.4) is 0 Å². The van der Waals surface area contributed by atoms with Crippen molar-refractivity contribution in [1.29, 1.82) is 0 Å². The standard InChI is InChI=1S/C27H24F3N5O/c28-27(29,30)21-8-10-24(35-11-2-1-3-12-35)23(15-21)33-25(36)19-6-4-5-17(13-19)18-7-9-22-20(14-18)16-32-26(31)34-22/h4-10,13-16H,1-3,11-12H2,(H,33,36)(H2,31,32,34). The number of nitrogen functional groups attached to an aromatic ring is 1. The SMILES string of the molecule is Nc1ncc2cc(-c3cccc(C(=O)Nc4cc(C(F)(F)F)ccc4N4CCCCC4)c3)ccc2n1. The lowest BCUT2D eigenvalue weighted by Crippen LogP contribution is -2.30. The Morgan fingerprint density at radius 1 is 0.944 bits per heavy atom. The molecule has 1 fully saturated rings. The smallest absolute Gasteiger partial charge is 0.370 e. The van der Waals surface area contributed by atoms with Gasteiger partial charge in [-0.3, -0.25) is 4.79 Å². The maximum absolute atomic E-state index is 13.4. The molecule has 1 saturated heterocycles. The molecule has 2 heterocycles. The molecule has 1 aliphatic heterocycles. The highest BCUT2D eigenvalue weighted by Crippen LogP contribution is 2.36. The fraction of sp³-hybridized carbons (Fsp3) is 0.222. The van der Waals surface area contributed by atoms with Gasteiger partial charge in [-0.1, -0.05) is 18.2 Å². The molecule has 0 saturated carbocycles. The summed E-state index contributed by atoms with van der Waals surface area (Å²) in [7, 11) is 0. The summed E-state index contributed by atoms with van der Waals surface area (Å²) in [6.45, 7) is 1.47. The third-order valence-electron chi connectivity index (χ3n) is 6.33. The lowest BCUT2D eigenvalue weighted by Gasteiger charge is -2.31. The van der Waals surface area contributed by atoms with Gasteiger partial charge in [-0.15, -0.1) is 0 Å². The van der Waals surface area contributed by atoms with E-state index in [1.165, 1.54) is 6.07 Å². The molecule has 3 N–H and O–H groups in total. The van der Waals surface area contributed by atoms with Gasteiger partial charge in [-0.2, -0.15) is 13.2 Å². The Hall–Kier alpha value is -4.14. The van der Waals surface area contributed by atoms with Crippen molar-refractivity contribution in [3.63, 3.8) is 0 Å². The zero-order chi connectivity index (χ0) is 25.3. The molecular weight excluding hydrogens is 467 g/mol. The number of hydrogen-bond donors (Lipinski definition) is 2. The largest absolute Gasteiger partial charge is 0.416 e.